The molecule has 0 bridgehead atoms. The zero-order chi connectivity index (χ0) is 14.7. The Morgan fingerprint density at radius 1 is 1.10 bits per heavy atom. The molecule has 0 spiro atoms. The Morgan fingerprint density at radius 2 is 1.67 bits per heavy atom. The van der Waals surface area contributed by atoms with Crippen molar-refractivity contribution in [2.45, 2.75) is 6.42 Å². The van der Waals surface area contributed by atoms with Crippen LogP contribution in [-0.4, -0.2) is 11.1 Å². The Bertz CT molecular complexity index is 644. The number of carbonyl (C=O) groups excluding carboxylic acids is 1. The summed E-state index contributed by atoms with van der Waals surface area (Å²) in [6.45, 7) is 0. The third-order valence-electron chi connectivity index (χ3n) is 2.68. The fraction of sp³-hybridized carbons (Fsp3) is 0.0714. The number of phenolic OH excluding ortho intramolecular Hbond substituents is 1. The molecule has 2 rings (SSSR count). The van der Waals surface area contributed by atoms with Crippen LogP contribution in [0.5, 0.6) is 5.75 Å². The van der Waals surface area contributed by atoms with Crippen LogP contribution in [0.25, 0.3) is 0 Å². The topological polar surface area (TPSA) is 72.4 Å². The number of halogens is 2. The van der Waals surface area contributed by atoms with E-state index < -0.39 is 5.97 Å². The largest absolute Gasteiger partial charge is 1.00 e. The molecule has 0 radical (unpaired) electrons. The number of phenols is 1. The van der Waals surface area contributed by atoms with Gasteiger partial charge in [-0.05, 0) is 23.8 Å². The Balaban J connectivity index is 0.00000220. The summed E-state index contributed by atoms with van der Waals surface area (Å²) in [5.41, 5.74) is 1.02. The first-order valence-electron chi connectivity index (χ1n) is 5.70. The fourth-order valence-corrected chi connectivity index (χ4v) is 2.27. The van der Waals surface area contributed by atoms with Gasteiger partial charge >= 0.3 is 29.6 Å². The Labute approximate surface area is 154 Å². The number of benzene rings is 2. The van der Waals surface area contributed by atoms with E-state index in [0.29, 0.717) is 21.3 Å². The molecular weight excluding hydrogens is 324 g/mol. The van der Waals surface area contributed by atoms with Gasteiger partial charge in [0, 0.05) is 12.4 Å². The van der Waals surface area contributed by atoms with Crippen molar-refractivity contribution in [2.24, 2.45) is 0 Å². The van der Waals surface area contributed by atoms with E-state index >= 15 is 0 Å². The van der Waals surface area contributed by atoms with Crippen molar-refractivity contribution in [3.63, 3.8) is 0 Å². The van der Waals surface area contributed by atoms with E-state index in [-0.39, 0.29) is 47.4 Å². The number of hydrogen-bond acceptors (Lipinski definition) is 4. The van der Waals surface area contributed by atoms with Crippen LogP contribution >= 0.6 is 23.2 Å². The predicted octanol–water partition coefficient (Wildman–Crippen LogP) is -0.261. The van der Waals surface area contributed by atoms with Gasteiger partial charge in [-0.25, -0.2) is 0 Å². The zero-order valence-electron chi connectivity index (χ0n) is 11.2. The predicted molar refractivity (Wildman–Crippen MR) is 76.6 cm³/mol. The van der Waals surface area contributed by atoms with E-state index in [1.54, 1.807) is 30.3 Å². The molecular formula is C14H10Cl2NNaO3. The number of carbonyl (C=O) groups is 1. The molecule has 0 amide bonds. The summed E-state index contributed by atoms with van der Waals surface area (Å²) in [6, 6.07) is 9.51. The number of anilines is 2. The summed E-state index contributed by atoms with van der Waals surface area (Å²) in [4.78, 5) is 10.7. The second-order valence-electron chi connectivity index (χ2n) is 4.08. The van der Waals surface area contributed by atoms with Gasteiger partial charge in [0.15, 0.2) is 0 Å². The number of carboxylic acid groups (broad SMARTS) is 1. The van der Waals surface area contributed by atoms with Crippen molar-refractivity contribution >= 4 is 40.5 Å². The maximum atomic E-state index is 10.7. The van der Waals surface area contributed by atoms with Crippen molar-refractivity contribution in [3.05, 3.63) is 52.0 Å². The fourth-order valence-electron chi connectivity index (χ4n) is 1.78. The van der Waals surface area contributed by atoms with Crippen molar-refractivity contribution in [1.82, 2.24) is 0 Å². The molecule has 0 aliphatic carbocycles. The molecule has 0 saturated heterocycles. The van der Waals surface area contributed by atoms with E-state index in [1.807, 2.05) is 0 Å². The molecule has 21 heavy (non-hydrogen) atoms. The smallest absolute Gasteiger partial charge is 0.550 e. The van der Waals surface area contributed by atoms with E-state index in [1.165, 1.54) is 6.07 Å². The van der Waals surface area contributed by atoms with E-state index in [4.69, 9.17) is 23.2 Å². The average molecular weight is 334 g/mol. The average Bonchev–Trinajstić information content (AvgIpc) is 2.36. The van der Waals surface area contributed by atoms with E-state index in [9.17, 15) is 15.0 Å². The van der Waals surface area contributed by atoms with Gasteiger partial charge in [-0.3, -0.25) is 0 Å². The molecule has 0 aliphatic rings. The number of rotatable bonds is 4. The first-order chi connectivity index (χ1) is 9.49. The van der Waals surface area contributed by atoms with Gasteiger partial charge in [0.25, 0.3) is 0 Å². The SMILES string of the molecule is O=C([O-])Cc1cccc(O)c1Nc1c(Cl)cccc1Cl.[Na+]. The number of aromatic hydroxyl groups is 1. The molecule has 0 atom stereocenters. The summed E-state index contributed by atoms with van der Waals surface area (Å²) in [5, 5.41) is 24.2. The summed E-state index contributed by atoms with van der Waals surface area (Å²) >= 11 is 12.1. The monoisotopic (exact) mass is 333 g/mol. The van der Waals surface area contributed by atoms with Crippen molar-refractivity contribution in [3.8, 4) is 5.75 Å². The minimum atomic E-state index is -1.25. The van der Waals surface area contributed by atoms with Gasteiger partial charge in [-0.1, -0.05) is 41.4 Å². The maximum Gasteiger partial charge on any atom is 1.00 e. The van der Waals surface area contributed by atoms with Gasteiger partial charge < -0.3 is 20.3 Å². The van der Waals surface area contributed by atoms with Gasteiger partial charge in [-0.15, -0.1) is 0 Å². The molecule has 2 aromatic carbocycles. The molecule has 2 N–H and O–H groups in total. The second-order valence-corrected chi connectivity index (χ2v) is 4.90. The van der Waals surface area contributed by atoms with Gasteiger partial charge in [-0.2, -0.15) is 0 Å². The second kappa shape index (κ2) is 7.92. The number of hydrogen-bond donors (Lipinski definition) is 2. The molecule has 4 nitrogen and oxygen atoms in total. The van der Waals surface area contributed by atoms with Crippen LogP contribution in [0.4, 0.5) is 11.4 Å². The Kier molecular flexibility index (Phi) is 6.84. The van der Waals surface area contributed by atoms with Gasteiger partial charge in [0.2, 0.25) is 0 Å². The normalized spacial score (nSPS) is 9.81. The molecule has 0 fully saturated rings. The number of aliphatic carboxylic acids is 1. The summed E-state index contributed by atoms with van der Waals surface area (Å²) in [7, 11) is 0. The molecule has 0 unspecified atom stereocenters. The summed E-state index contributed by atoms with van der Waals surface area (Å²) in [6.07, 6.45) is -0.335. The Hall–Kier alpha value is -0.910. The van der Waals surface area contributed by atoms with Crippen LogP contribution < -0.4 is 40.0 Å². The van der Waals surface area contributed by atoms with Crippen molar-refractivity contribution in [1.29, 1.82) is 0 Å². The first-order valence-corrected chi connectivity index (χ1v) is 6.46. The zero-order valence-corrected chi connectivity index (χ0v) is 14.7. The molecule has 104 valence electrons. The summed E-state index contributed by atoms with van der Waals surface area (Å²) < 4.78 is 0. The van der Waals surface area contributed by atoms with Crippen LogP contribution in [0.2, 0.25) is 10.0 Å². The van der Waals surface area contributed by atoms with Crippen LogP contribution in [0.1, 0.15) is 5.56 Å². The molecule has 0 saturated carbocycles. The molecule has 2 aromatic rings. The van der Waals surface area contributed by atoms with Crippen molar-refractivity contribution < 1.29 is 44.6 Å². The molecule has 0 aromatic heterocycles. The standard InChI is InChI=1S/C14H11Cl2NO3.Na/c15-9-4-2-5-10(16)14(9)17-13-8(7-12(19)20)3-1-6-11(13)18;/h1-6,17-18H,7H2,(H,19,20);/q;+1/p-1. The third kappa shape index (κ3) is 4.53. The molecule has 0 heterocycles. The van der Waals surface area contributed by atoms with Crippen LogP contribution in [0, 0.1) is 0 Å². The van der Waals surface area contributed by atoms with Gasteiger partial charge in [0.1, 0.15) is 5.75 Å². The minimum absolute atomic E-state index is 0. The maximum absolute atomic E-state index is 10.7. The molecule has 7 heteroatoms. The van der Waals surface area contributed by atoms with Crippen LogP contribution in [0.3, 0.4) is 0 Å². The quantitative estimate of drug-likeness (QED) is 0.597. The van der Waals surface area contributed by atoms with Crippen LogP contribution in [-0.2, 0) is 11.2 Å². The van der Waals surface area contributed by atoms with E-state index in [0.717, 1.165) is 0 Å². The Morgan fingerprint density at radius 3 is 2.24 bits per heavy atom. The molecule has 0 aliphatic heterocycles. The number of nitrogens with one attached hydrogen (secondary N) is 1. The van der Waals surface area contributed by atoms with Gasteiger partial charge in [0.05, 0.1) is 21.4 Å². The number of carboxylic acids is 1. The van der Waals surface area contributed by atoms with Crippen LogP contribution in [0.15, 0.2) is 36.4 Å². The third-order valence-corrected chi connectivity index (χ3v) is 3.31. The summed E-state index contributed by atoms with van der Waals surface area (Å²) in [5.74, 6) is -1.34. The van der Waals surface area contributed by atoms with E-state index in [2.05, 4.69) is 5.32 Å². The number of para-hydroxylation sites is 2. The minimum Gasteiger partial charge on any atom is -0.550 e. The first kappa shape index (κ1) is 18.1. The van der Waals surface area contributed by atoms with Crippen molar-refractivity contribution in [2.75, 3.05) is 5.32 Å².